The van der Waals surface area contributed by atoms with E-state index in [-0.39, 0.29) is 6.04 Å². The maximum absolute atomic E-state index is 6.44. The molecule has 1 unspecified atom stereocenters. The largest absolute Gasteiger partial charge is 0.320 e. The van der Waals surface area contributed by atoms with E-state index in [9.17, 15) is 0 Å². The molecule has 0 radical (unpaired) electrons. The first-order valence-corrected chi connectivity index (χ1v) is 7.80. The van der Waals surface area contributed by atoms with Gasteiger partial charge in [0.25, 0.3) is 0 Å². The molecule has 1 atom stereocenters. The van der Waals surface area contributed by atoms with Crippen molar-refractivity contribution >= 4 is 45.0 Å². The SMILES string of the molecule is NC(c1ccc(I)c(Cl)c1)c1cccc2ccccc12. The van der Waals surface area contributed by atoms with Gasteiger partial charge in [-0.1, -0.05) is 60.1 Å². The maximum atomic E-state index is 6.44. The minimum absolute atomic E-state index is 0.171. The topological polar surface area (TPSA) is 26.0 Å². The molecule has 3 heteroatoms. The van der Waals surface area contributed by atoms with Gasteiger partial charge in [-0.2, -0.15) is 0 Å². The lowest BCUT2D eigenvalue weighted by Crippen LogP contribution is -2.12. The fourth-order valence-corrected chi connectivity index (χ4v) is 2.93. The molecule has 0 aliphatic rings. The van der Waals surface area contributed by atoms with E-state index in [2.05, 4.69) is 46.9 Å². The number of rotatable bonds is 2. The van der Waals surface area contributed by atoms with E-state index >= 15 is 0 Å². The molecular weight excluding hydrogens is 381 g/mol. The first-order chi connectivity index (χ1) is 9.66. The van der Waals surface area contributed by atoms with E-state index in [0.717, 1.165) is 19.7 Å². The zero-order valence-electron chi connectivity index (χ0n) is 10.7. The molecule has 0 fully saturated rings. The molecule has 0 bridgehead atoms. The molecule has 0 saturated heterocycles. The van der Waals surface area contributed by atoms with E-state index in [1.54, 1.807) is 0 Å². The molecule has 3 aromatic rings. The molecule has 3 rings (SSSR count). The molecule has 0 aromatic heterocycles. The summed E-state index contributed by atoms with van der Waals surface area (Å²) in [6.07, 6.45) is 0. The second-order valence-corrected chi connectivity index (χ2v) is 6.29. The molecule has 3 aromatic carbocycles. The van der Waals surface area contributed by atoms with Gasteiger partial charge in [0.1, 0.15) is 0 Å². The van der Waals surface area contributed by atoms with E-state index in [1.165, 1.54) is 10.8 Å². The number of benzene rings is 3. The molecule has 0 spiro atoms. The van der Waals surface area contributed by atoms with Crippen LogP contribution in [0.2, 0.25) is 5.02 Å². The highest BCUT2D eigenvalue weighted by molar-refractivity contribution is 14.1. The van der Waals surface area contributed by atoms with Crippen molar-refractivity contribution in [3.8, 4) is 0 Å². The average molecular weight is 394 g/mol. The number of nitrogens with two attached hydrogens (primary N) is 1. The summed E-state index contributed by atoms with van der Waals surface area (Å²) in [5.74, 6) is 0. The van der Waals surface area contributed by atoms with Gasteiger partial charge in [-0.25, -0.2) is 0 Å². The van der Waals surface area contributed by atoms with Crippen LogP contribution in [0.4, 0.5) is 0 Å². The molecule has 1 nitrogen and oxygen atoms in total. The Kier molecular flexibility index (Phi) is 3.96. The monoisotopic (exact) mass is 393 g/mol. The van der Waals surface area contributed by atoms with E-state index < -0.39 is 0 Å². The summed E-state index contributed by atoms with van der Waals surface area (Å²) in [6.45, 7) is 0. The van der Waals surface area contributed by atoms with Gasteiger partial charge < -0.3 is 5.73 Å². The fourth-order valence-electron chi connectivity index (χ4n) is 2.41. The van der Waals surface area contributed by atoms with Gasteiger partial charge in [-0.15, -0.1) is 0 Å². The van der Waals surface area contributed by atoms with Crippen molar-refractivity contribution in [2.75, 3.05) is 0 Å². The van der Waals surface area contributed by atoms with Crippen LogP contribution < -0.4 is 5.73 Å². The van der Waals surface area contributed by atoms with Crippen molar-refractivity contribution < 1.29 is 0 Å². The van der Waals surface area contributed by atoms with Gasteiger partial charge >= 0.3 is 0 Å². The lowest BCUT2D eigenvalue weighted by atomic mass is 9.94. The molecule has 100 valence electrons. The highest BCUT2D eigenvalue weighted by Crippen LogP contribution is 2.29. The molecule has 0 saturated carbocycles. The second kappa shape index (κ2) is 5.72. The Labute approximate surface area is 136 Å². The Morgan fingerprint density at radius 1 is 0.950 bits per heavy atom. The van der Waals surface area contributed by atoms with Crippen molar-refractivity contribution in [1.29, 1.82) is 0 Å². The Morgan fingerprint density at radius 2 is 1.70 bits per heavy atom. The lowest BCUT2D eigenvalue weighted by Gasteiger charge is -2.16. The summed E-state index contributed by atoms with van der Waals surface area (Å²) in [6, 6.07) is 20.4. The third-order valence-electron chi connectivity index (χ3n) is 3.46. The molecule has 0 heterocycles. The van der Waals surface area contributed by atoms with Crippen LogP contribution in [0.25, 0.3) is 10.8 Å². The van der Waals surface area contributed by atoms with Gasteiger partial charge in [0.2, 0.25) is 0 Å². The first-order valence-electron chi connectivity index (χ1n) is 6.35. The van der Waals surface area contributed by atoms with Crippen molar-refractivity contribution in [2.45, 2.75) is 6.04 Å². The summed E-state index contributed by atoms with van der Waals surface area (Å²) in [7, 11) is 0. The van der Waals surface area contributed by atoms with Crippen LogP contribution in [0.15, 0.2) is 60.7 Å². The van der Waals surface area contributed by atoms with Crippen LogP contribution >= 0.6 is 34.2 Å². The van der Waals surface area contributed by atoms with Gasteiger partial charge in [0.05, 0.1) is 11.1 Å². The highest BCUT2D eigenvalue weighted by atomic mass is 127. The van der Waals surface area contributed by atoms with Gasteiger partial charge in [-0.05, 0) is 56.6 Å². The minimum Gasteiger partial charge on any atom is -0.320 e. The predicted octanol–water partition coefficient (Wildman–Crippen LogP) is 5.15. The van der Waals surface area contributed by atoms with E-state index in [4.69, 9.17) is 17.3 Å². The Balaban J connectivity index is 2.12. The highest BCUT2D eigenvalue weighted by Gasteiger charge is 2.13. The van der Waals surface area contributed by atoms with Crippen molar-refractivity contribution in [1.82, 2.24) is 0 Å². The maximum Gasteiger partial charge on any atom is 0.0558 e. The number of fused-ring (bicyclic) bond motifs is 1. The molecular formula is C17H13ClIN. The summed E-state index contributed by atoms with van der Waals surface area (Å²) in [4.78, 5) is 0. The average Bonchev–Trinajstić information content (AvgIpc) is 2.49. The third-order valence-corrected chi connectivity index (χ3v) is 5.03. The lowest BCUT2D eigenvalue weighted by molar-refractivity contribution is 0.880. The number of halogens is 2. The molecule has 2 N–H and O–H groups in total. The minimum atomic E-state index is -0.171. The third kappa shape index (κ3) is 2.55. The van der Waals surface area contributed by atoms with Crippen molar-refractivity contribution in [3.05, 3.63) is 80.4 Å². The molecule has 0 amide bonds. The van der Waals surface area contributed by atoms with Crippen LogP contribution in [0, 0.1) is 3.57 Å². The van der Waals surface area contributed by atoms with Crippen LogP contribution in [-0.2, 0) is 0 Å². The summed E-state index contributed by atoms with van der Waals surface area (Å²) >= 11 is 8.42. The van der Waals surface area contributed by atoms with Crippen LogP contribution in [0.5, 0.6) is 0 Å². The van der Waals surface area contributed by atoms with Gasteiger partial charge in [0.15, 0.2) is 0 Å². The molecule has 0 aliphatic carbocycles. The van der Waals surface area contributed by atoms with E-state index in [1.807, 2.05) is 36.4 Å². The zero-order chi connectivity index (χ0) is 14.1. The smallest absolute Gasteiger partial charge is 0.0558 e. The van der Waals surface area contributed by atoms with Crippen LogP contribution in [0.3, 0.4) is 0 Å². The Hall–Kier alpha value is -1.10. The van der Waals surface area contributed by atoms with Crippen molar-refractivity contribution in [3.63, 3.8) is 0 Å². The second-order valence-electron chi connectivity index (χ2n) is 4.72. The Bertz CT molecular complexity index is 765. The predicted molar refractivity (Wildman–Crippen MR) is 94.1 cm³/mol. The number of hydrogen-bond donors (Lipinski definition) is 1. The van der Waals surface area contributed by atoms with Gasteiger partial charge in [-0.3, -0.25) is 0 Å². The normalized spacial score (nSPS) is 12.6. The zero-order valence-corrected chi connectivity index (χ0v) is 13.6. The first kappa shape index (κ1) is 13.9. The van der Waals surface area contributed by atoms with Crippen molar-refractivity contribution in [2.24, 2.45) is 5.73 Å². The summed E-state index contributed by atoms with van der Waals surface area (Å²) in [5, 5.41) is 3.15. The summed E-state index contributed by atoms with van der Waals surface area (Å²) in [5.41, 5.74) is 8.60. The van der Waals surface area contributed by atoms with Crippen LogP contribution in [-0.4, -0.2) is 0 Å². The fraction of sp³-hybridized carbons (Fsp3) is 0.0588. The van der Waals surface area contributed by atoms with Crippen LogP contribution in [0.1, 0.15) is 17.2 Å². The van der Waals surface area contributed by atoms with Gasteiger partial charge in [0, 0.05) is 3.57 Å². The quantitative estimate of drug-likeness (QED) is 0.599. The van der Waals surface area contributed by atoms with E-state index in [0.29, 0.717) is 0 Å². The molecule has 0 aliphatic heterocycles. The Morgan fingerprint density at radius 3 is 2.50 bits per heavy atom. The standard InChI is InChI=1S/C17H13ClIN/c18-15-10-12(8-9-16(15)19)17(20)14-7-3-5-11-4-1-2-6-13(11)14/h1-10,17H,20H2. The summed E-state index contributed by atoms with van der Waals surface area (Å²) < 4.78 is 1.04. The molecule has 20 heavy (non-hydrogen) atoms. The number of hydrogen-bond acceptors (Lipinski definition) is 1.